The number of anilines is 3. The zero-order chi connectivity index (χ0) is 13.1. The van der Waals surface area contributed by atoms with Crippen LogP contribution in [-0.2, 0) is 0 Å². The number of nitrogens with two attached hydrogens (primary N) is 1. The van der Waals surface area contributed by atoms with E-state index < -0.39 is 0 Å². The molecule has 2 rings (SSSR count). The smallest absolute Gasteiger partial charge is 0.238 e. The highest BCUT2D eigenvalue weighted by Crippen LogP contribution is 2.23. The van der Waals surface area contributed by atoms with Crippen molar-refractivity contribution in [2.75, 3.05) is 18.2 Å². The maximum atomic E-state index is 13.1. The van der Waals surface area contributed by atoms with Crippen LogP contribution in [0.25, 0.3) is 0 Å². The molecule has 3 N–H and O–H groups in total. The summed E-state index contributed by atoms with van der Waals surface area (Å²) >= 11 is 0. The molecule has 1 aromatic carbocycles. The number of aryl methyl sites for hydroxylation is 1. The Kier molecular flexibility index (Phi) is 3.32. The number of hydrogen-bond acceptors (Lipinski definition) is 4. The van der Waals surface area contributed by atoms with Crippen molar-refractivity contribution < 1.29 is 9.13 Å². The average Bonchev–Trinajstić information content (AvgIpc) is 2.36. The molecule has 4 nitrogen and oxygen atoms in total. The van der Waals surface area contributed by atoms with E-state index in [0.717, 1.165) is 5.69 Å². The lowest BCUT2D eigenvalue weighted by atomic mass is 10.2. The Labute approximate surface area is 105 Å². The van der Waals surface area contributed by atoms with Gasteiger partial charge in [-0.3, -0.25) is 0 Å². The van der Waals surface area contributed by atoms with E-state index in [1.807, 2.05) is 0 Å². The van der Waals surface area contributed by atoms with E-state index >= 15 is 0 Å². The second-order valence-electron chi connectivity index (χ2n) is 3.88. The van der Waals surface area contributed by atoms with Gasteiger partial charge in [-0.05, 0) is 42.8 Å². The van der Waals surface area contributed by atoms with Gasteiger partial charge >= 0.3 is 0 Å². The van der Waals surface area contributed by atoms with Gasteiger partial charge in [0.2, 0.25) is 5.88 Å². The number of pyridine rings is 1. The maximum absolute atomic E-state index is 13.1. The zero-order valence-corrected chi connectivity index (χ0v) is 10.2. The van der Waals surface area contributed by atoms with Crippen LogP contribution < -0.4 is 15.8 Å². The molecule has 0 aliphatic carbocycles. The van der Waals surface area contributed by atoms with Gasteiger partial charge in [-0.2, -0.15) is 4.98 Å². The molecule has 0 saturated heterocycles. The molecular formula is C13H14FN3O. The molecule has 0 fully saturated rings. The van der Waals surface area contributed by atoms with E-state index in [-0.39, 0.29) is 5.82 Å². The van der Waals surface area contributed by atoms with Crippen molar-refractivity contribution in [2.45, 2.75) is 6.92 Å². The third-order valence-electron chi connectivity index (χ3n) is 2.51. The van der Waals surface area contributed by atoms with Gasteiger partial charge in [-0.25, -0.2) is 4.39 Å². The van der Waals surface area contributed by atoms with E-state index in [2.05, 4.69) is 10.3 Å². The van der Waals surface area contributed by atoms with Crippen LogP contribution in [0, 0.1) is 12.7 Å². The van der Waals surface area contributed by atoms with Crippen molar-refractivity contribution in [3.63, 3.8) is 0 Å². The van der Waals surface area contributed by atoms with Crippen molar-refractivity contribution in [3.8, 4) is 5.88 Å². The molecule has 5 heteroatoms. The summed E-state index contributed by atoms with van der Waals surface area (Å²) < 4.78 is 18.2. The molecule has 94 valence electrons. The van der Waals surface area contributed by atoms with Gasteiger partial charge in [-0.15, -0.1) is 0 Å². The van der Waals surface area contributed by atoms with E-state index in [4.69, 9.17) is 10.5 Å². The van der Waals surface area contributed by atoms with Gasteiger partial charge in [-0.1, -0.05) is 0 Å². The molecule has 2 aromatic rings. The lowest BCUT2D eigenvalue weighted by Crippen LogP contribution is -1.99. The summed E-state index contributed by atoms with van der Waals surface area (Å²) in [6.07, 6.45) is 0. The lowest BCUT2D eigenvalue weighted by Gasteiger charge is -2.09. The summed E-state index contributed by atoms with van der Waals surface area (Å²) in [6, 6.07) is 8.19. The molecule has 0 amide bonds. The number of ether oxygens (including phenoxy) is 1. The molecule has 1 aromatic heterocycles. The van der Waals surface area contributed by atoms with E-state index in [0.29, 0.717) is 22.9 Å². The maximum Gasteiger partial charge on any atom is 0.238 e. The standard InChI is InChI=1S/C13H14FN3O/c1-8-7-9(3-4-10(8)14)16-12-6-5-11(15)13(17-12)18-2/h3-7H,15H2,1-2H3,(H,16,17). The second-order valence-corrected chi connectivity index (χ2v) is 3.88. The van der Waals surface area contributed by atoms with E-state index in [1.165, 1.54) is 13.2 Å². The van der Waals surface area contributed by atoms with Crippen molar-refractivity contribution >= 4 is 17.2 Å². The van der Waals surface area contributed by atoms with Crippen LogP contribution in [-0.4, -0.2) is 12.1 Å². The third-order valence-corrected chi connectivity index (χ3v) is 2.51. The van der Waals surface area contributed by atoms with Crippen LogP contribution in [0.3, 0.4) is 0 Å². The summed E-state index contributed by atoms with van der Waals surface area (Å²) in [5.41, 5.74) is 7.47. The largest absolute Gasteiger partial charge is 0.479 e. The normalized spacial score (nSPS) is 10.2. The summed E-state index contributed by atoms with van der Waals surface area (Å²) in [6.45, 7) is 1.71. The van der Waals surface area contributed by atoms with E-state index in [1.54, 1.807) is 31.2 Å². The molecule has 0 radical (unpaired) electrons. The fourth-order valence-electron chi connectivity index (χ4n) is 1.55. The Hall–Kier alpha value is -2.30. The molecule has 0 aliphatic heterocycles. The topological polar surface area (TPSA) is 60.2 Å². The molecule has 0 aliphatic rings. The summed E-state index contributed by atoms with van der Waals surface area (Å²) in [5.74, 6) is 0.717. The first-order valence-electron chi connectivity index (χ1n) is 5.44. The first-order chi connectivity index (χ1) is 8.60. The fraction of sp³-hybridized carbons (Fsp3) is 0.154. The Morgan fingerprint density at radius 1 is 1.28 bits per heavy atom. The van der Waals surface area contributed by atoms with Crippen LogP contribution in [0.1, 0.15) is 5.56 Å². The van der Waals surface area contributed by atoms with Gasteiger partial charge < -0.3 is 15.8 Å². The predicted octanol–water partition coefficient (Wildman–Crippen LogP) is 2.86. The fourth-order valence-corrected chi connectivity index (χ4v) is 1.55. The number of nitrogen functional groups attached to an aromatic ring is 1. The highest BCUT2D eigenvalue weighted by molar-refractivity contribution is 5.61. The van der Waals surface area contributed by atoms with Crippen molar-refractivity contribution in [1.29, 1.82) is 0 Å². The highest BCUT2D eigenvalue weighted by Gasteiger charge is 2.04. The van der Waals surface area contributed by atoms with Gasteiger partial charge in [0.1, 0.15) is 11.6 Å². The van der Waals surface area contributed by atoms with Crippen LogP contribution >= 0.6 is 0 Å². The van der Waals surface area contributed by atoms with Crippen LogP contribution in [0.2, 0.25) is 0 Å². The van der Waals surface area contributed by atoms with Crippen LogP contribution in [0.4, 0.5) is 21.6 Å². The van der Waals surface area contributed by atoms with E-state index in [9.17, 15) is 4.39 Å². The van der Waals surface area contributed by atoms with Crippen LogP contribution in [0.5, 0.6) is 5.88 Å². The summed E-state index contributed by atoms with van der Waals surface area (Å²) in [7, 11) is 1.50. The van der Waals surface area contributed by atoms with Gasteiger partial charge in [0, 0.05) is 5.69 Å². The Morgan fingerprint density at radius 3 is 2.72 bits per heavy atom. The quantitative estimate of drug-likeness (QED) is 0.875. The molecule has 0 bridgehead atoms. The highest BCUT2D eigenvalue weighted by atomic mass is 19.1. The molecule has 0 spiro atoms. The number of nitrogens with zero attached hydrogens (tertiary/aromatic N) is 1. The lowest BCUT2D eigenvalue weighted by molar-refractivity contribution is 0.401. The van der Waals surface area contributed by atoms with Crippen molar-refractivity contribution in [2.24, 2.45) is 0 Å². The average molecular weight is 247 g/mol. The molecular weight excluding hydrogens is 233 g/mol. The summed E-state index contributed by atoms with van der Waals surface area (Å²) in [4.78, 5) is 4.19. The minimum absolute atomic E-state index is 0.233. The van der Waals surface area contributed by atoms with Crippen LogP contribution in [0.15, 0.2) is 30.3 Å². The molecule has 18 heavy (non-hydrogen) atoms. The molecule has 0 unspecified atom stereocenters. The summed E-state index contributed by atoms with van der Waals surface area (Å²) in [5, 5.41) is 3.06. The second kappa shape index (κ2) is 4.91. The molecule has 0 atom stereocenters. The number of nitrogens with one attached hydrogen (secondary N) is 1. The third kappa shape index (κ3) is 2.51. The minimum Gasteiger partial charge on any atom is -0.479 e. The minimum atomic E-state index is -0.233. The predicted molar refractivity (Wildman–Crippen MR) is 69.6 cm³/mol. The van der Waals surface area contributed by atoms with Gasteiger partial charge in [0.25, 0.3) is 0 Å². The SMILES string of the molecule is COc1nc(Nc2ccc(F)c(C)c2)ccc1N. The molecule has 0 saturated carbocycles. The number of rotatable bonds is 3. The molecule has 1 heterocycles. The Balaban J connectivity index is 2.25. The zero-order valence-electron chi connectivity index (χ0n) is 10.2. The van der Waals surface area contributed by atoms with Crippen molar-refractivity contribution in [1.82, 2.24) is 4.98 Å². The van der Waals surface area contributed by atoms with Crippen molar-refractivity contribution in [3.05, 3.63) is 41.7 Å². The number of hydrogen-bond donors (Lipinski definition) is 2. The number of aromatic nitrogens is 1. The monoisotopic (exact) mass is 247 g/mol. The number of benzene rings is 1. The Bertz CT molecular complexity index is 572. The first-order valence-corrected chi connectivity index (χ1v) is 5.44. The number of methoxy groups -OCH3 is 1. The first kappa shape index (κ1) is 12.2. The van der Waals surface area contributed by atoms with Gasteiger partial charge in [0.05, 0.1) is 12.8 Å². The van der Waals surface area contributed by atoms with Gasteiger partial charge in [0.15, 0.2) is 0 Å². The number of halogens is 1. The Morgan fingerprint density at radius 2 is 2.06 bits per heavy atom.